The molecule has 1 N–H and O–H groups in total. The summed E-state index contributed by atoms with van der Waals surface area (Å²) in [5.41, 5.74) is 1.86. The Labute approximate surface area is 99.1 Å². The molecule has 0 saturated carbocycles. The van der Waals surface area contributed by atoms with Gasteiger partial charge in [-0.2, -0.15) is 0 Å². The van der Waals surface area contributed by atoms with Gasteiger partial charge in [0.2, 0.25) is 0 Å². The van der Waals surface area contributed by atoms with Crippen LogP contribution >= 0.6 is 0 Å². The van der Waals surface area contributed by atoms with Gasteiger partial charge in [-0.25, -0.2) is 0 Å². The van der Waals surface area contributed by atoms with Crippen molar-refractivity contribution in [3.05, 3.63) is 66.0 Å². The zero-order chi connectivity index (χ0) is 12.1. The molecule has 1 aromatic carbocycles. The number of aromatic hydroxyl groups is 1. The molecule has 2 aromatic rings. The number of benzene rings is 1. The van der Waals surface area contributed by atoms with E-state index in [9.17, 15) is 9.90 Å². The van der Waals surface area contributed by atoms with Gasteiger partial charge in [-0.1, -0.05) is 24.3 Å². The molecule has 1 aromatic heterocycles. The van der Waals surface area contributed by atoms with Gasteiger partial charge in [0.25, 0.3) is 0 Å². The van der Waals surface area contributed by atoms with Crippen LogP contribution in [-0.4, -0.2) is 16.4 Å². The summed E-state index contributed by atoms with van der Waals surface area (Å²) in [4.78, 5) is 14.9. The molecular weight excluding hydrogens is 214 g/mol. The van der Waals surface area contributed by atoms with Crippen molar-refractivity contribution < 1.29 is 9.90 Å². The van der Waals surface area contributed by atoms with Crippen LogP contribution in [0.3, 0.4) is 0 Å². The van der Waals surface area contributed by atoms with Crippen LogP contribution in [0.15, 0.2) is 54.7 Å². The smallest absolute Gasteiger partial charge is 0.143 e. The molecule has 0 spiro atoms. The van der Waals surface area contributed by atoms with Crippen LogP contribution in [0.5, 0.6) is 5.75 Å². The first-order valence-electron chi connectivity index (χ1n) is 5.18. The zero-order valence-electron chi connectivity index (χ0n) is 9.08. The molecule has 0 bridgehead atoms. The van der Waals surface area contributed by atoms with Crippen molar-refractivity contribution >= 4 is 11.9 Å². The van der Waals surface area contributed by atoms with Gasteiger partial charge in [-0.15, -0.1) is 0 Å². The Balaban J connectivity index is 2.56. The second kappa shape index (κ2) is 5.07. The van der Waals surface area contributed by atoms with Crippen LogP contribution in [0, 0.1) is 0 Å². The van der Waals surface area contributed by atoms with Gasteiger partial charge < -0.3 is 5.11 Å². The van der Waals surface area contributed by atoms with Crippen molar-refractivity contribution in [1.82, 2.24) is 4.98 Å². The molecule has 0 atom stereocenters. The second-order valence-electron chi connectivity index (χ2n) is 3.45. The van der Waals surface area contributed by atoms with Gasteiger partial charge in [-0.05, 0) is 24.3 Å². The third-order valence-electron chi connectivity index (χ3n) is 2.37. The number of allylic oxidation sites excluding steroid dienone is 1. The number of phenols is 1. The minimum atomic E-state index is 0.131. The number of rotatable bonds is 3. The van der Waals surface area contributed by atoms with Crippen LogP contribution in [0.2, 0.25) is 0 Å². The molecule has 17 heavy (non-hydrogen) atoms. The first kappa shape index (κ1) is 11.1. The fourth-order valence-corrected chi connectivity index (χ4v) is 1.60. The lowest BCUT2D eigenvalue weighted by atomic mass is 10.0. The van der Waals surface area contributed by atoms with E-state index in [1.807, 2.05) is 6.07 Å². The number of carbonyl (C=O) groups excluding carboxylic acids is 1. The van der Waals surface area contributed by atoms with E-state index in [1.165, 1.54) is 6.08 Å². The number of aldehydes is 1. The van der Waals surface area contributed by atoms with E-state index < -0.39 is 0 Å². The summed E-state index contributed by atoms with van der Waals surface area (Å²) >= 11 is 0. The Bertz CT molecular complexity index is 547. The molecule has 0 amide bonds. The highest BCUT2D eigenvalue weighted by molar-refractivity contribution is 5.90. The van der Waals surface area contributed by atoms with Crippen LogP contribution < -0.4 is 0 Å². The number of para-hydroxylation sites is 1. The van der Waals surface area contributed by atoms with E-state index in [2.05, 4.69) is 4.98 Å². The maximum atomic E-state index is 10.7. The average molecular weight is 225 g/mol. The molecule has 2 rings (SSSR count). The summed E-state index contributed by atoms with van der Waals surface area (Å²) in [6.45, 7) is 0. The topological polar surface area (TPSA) is 50.2 Å². The van der Waals surface area contributed by atoms with Gasteiger partial charge in [0.1, 0.15) is 12.0 Å². The Kier molecular flexibility index (Phi) is 3.31. The number of hydrogen-bond acceptors (Lipinski definition) is 3. The molecule has 0 radical (unpaired) electrons. The van der Waals surface area contributed by atoms with Gasteiger partial charge in [0.15, 0.2) is 0 Å². The summed E-state index contributed by atoms with van der Waals surface area (Å²) in [7, 11) is 0. The largest absolute Gasteiger partial charge is 0.507 e. The summed E-state index contributed by atoms with van der Waals surface area (Å²) in [5.74, 6) is 0.131. The van der Waals surface area contributed by atoms with Crippen molar-refractivity contribution in [2.45, 2.75) is 0 Å². The first-order valence-corrected chi connectivity index (χ1v) is 5.18. The van der Waals surface area contributed by atoms with E-state index in [4.69, 9.17) is 0 Å². The SMILES string of the molecule is O=C/C=C(\c1ccccn1)c1ccccc1O. The lowest BCUT2D eigenvalue weighted by molar-refractivity contribution is -0.104. The van der Waals surface area contributed by atoms with E-state index in [1.54, 1.807) is 42.6 Å². The molecule has 0 saturated heterocycles. The summed E-state index contributed by atoms with van der Waals surface area (Å²) in [5, 5.41) is 9.78. The number of carbonyl (C=O) groups is 1. The highest BCUT2D eigenvalue weighted by atomic mass is 16.3. The maximum absolute atomic E-state index is 10.7. The summed E-state index contributed by atoms with van der Waals surface area (Å²) in [6, 6.07) is 12.3. The van der Waals surface area contributed by atoms with Crippen LogP contribution in [0.25, 0.3) is 5.57 Å². The molecule has 0 aliphatic carbocycles. The maximum Gasteiger partial charge on any atom is 0.143 e. The Morgan fingerprint density at radius 2 is 1.88 bits per heavy atom. The minimum Gasteiger partial charge on any atom is -0.507 e. The predicted molar refractivity (Wildman–Crippen MR) is 65.5 cm³/mol. The van der Waals surface area contributed by atoms with Gasteiger partial charge in [0, 0.05) is 17.3 Å². The van der Waals surface area contributed by atoms with E-state index >= 15 is 0 Å². The molecule has 3 heteroatoms. The van der Waals surface area contributed by atoms with E-state index in [0.29, 0.717) is 23.1 Å². The van der Waals surface area contributed by atoms with Crippen molar-refractivity contribution in [2.75, 3.05) is 0 Å². The lowest BCUT2D eigenvalue weighted by Gasteiger charge is -2.07. The monoisotopic (exact) mass is 225 g/mol. The molecule has 0 aliphatic heterocycles. The summed E-state index contributed by atoms with van der Waals surface area (Å²) < 4.78 is 0. The van der Waals surface area contributed by atoms with Crippen molar-refractivity contribution in [1.29, 1.82) is 0 Å². The van der Waals surface area contributed by atoms with E-state index in [-0.39, 0.29) is 5.75 Å². The predicted octanol–water partition coefficient (Wildman–Crippen LogP) is 2.42. The number of phenolic OH excluding ortho intramolecular Hbond substituents is 1. The molecular formula is C14H11NO2. The second-order valence-corrected chi connectivity index (χ2v) is 3.45. The third-order valence-corrected chi connectivity index (χ3v) is 2.37. The van der Waals surface area contributed by atoms with Crippen molar-refractivity contribution in [2.24, 2.45) is 0 Å². The zero-order valence-corrected chi connectivity index (χ0v) is 9.08. The number of nitrogens with zero attached hydrogens (tertiary/aromatic N) is 1. The van der Waals surface area contributed by atoms with E-state index in [0.717, 1.165) is 0 Å². The molecule has 84 valence electrons. The minimum absolute atomic E-state index is 0.131. The molecule has 1 heterocycles. The number of pyridine rings is 1. The Hall–Kier alpha value is -2.42. The first-order chi connectivity index (χ1) is 8.33. The van der Waals surface area contributed by atoms with Gasteiger partial charge in [-0.3, -0.25) is 9.78 Å². The highest BCUT2D eigenvalue weighted by Crippen LogP contribution is 2.28. The fourth-order valence-electron chi connectivity index (χ4n) is 1.60. The van der Waals surface area contributed by atoms with Crippen molar-refractivity contribution in [3.63, 3.8) is 0 Å². The molecule has 0 aliphatic rings. The molecule has 0 fully saturated rings. The standard InChI is InChI=1S/C14H11NO2/c16-10-8-11(13-6-3-4-9-15-13)12-5-1-2-7-14(12)17/h1-10,17H/b11-8-. The number of aromatic nitrogens is 1. The van der Waals surface area contributed by atoms with Crippen LogP contribution in [0.4, 0.5) is 0 Å². The quantitative estimate of drug-likeness (QED) is 0.644. The lowest BCUT2D eigenvalue weighted by Crippen LogP contribution is -1.92. The Morgan fingerprint density at radius 3 is 2.53 bits per heavy atom. The van der Waals surface area contributed by atoms with Gasteiger partial charge >= 0.3 is 0 Å². The Morgan fingerprint density at radius 1 is 1.12 bits per heavy atom. The third kappa shape index (κ3) is 2.39. The molecule has 0 unspecified atom stereocenters. The van der Waals surface area contributed by atoms with Crippen LogP contribution in [-0.2, 0) is 4.79 Å². The highest BCUT2D eigenvalue weighted by Gasteiger charge is 2.09. The van der Waals surface area contributed by atoms with Crippen molar-refractivity contribution in [3.8, 4) is 5.75 Å². The summed E-state index contributed by atoms with van der Waals surface area (Å²) in [6.07, 6.45) is 3.74. The number of hydrogen-bond donors (Lipinski definition) is 1. The van der Waals surface area contributed by atoms with Crippen LogP contribution in [0.1, 0.15) is 11.3 Å². The fraction of sp³-hybridized carbons (Fsp3) is 0. The average Bonchev–Trinajstić information content (AvgIpc) is 2.38. The molecule has 3 nitrogen and oxygen atoms in total. The normalized spacial score (nSPS) is 11.2. The van der Waals surface area contributed by atoms with Gasteiger partial charge in [0.05, 0.1) is 5.69 Å².